The fourth-order valence-electron chi connectivity index (χ4n) is 1.84. The molecular weight excluding hydrogens is 271 g/mol. The Morgan fingerprint density at radius 1 is 1.29 bits per heavy atom. The van der Waals surface area contributed by atoms with Crippen LogP contribution in [0.2, 0.25) is 0 Å². The maximum absolute atomic E-state index is 14.1. The summed E-state index contributed by atoms with van der Waals surface area (Å²) in [4.78, 5) is 15.9. The van der Waals surface area contributed by atoms with Crippen LogP contribution >= 0.6 is 0 Å². The molecule has 0 aliphatic heterocycles. The molecule has 0 radical (unpaired) electrons. The van der Waals surface area contributed by atoms with Gasteiger partial charge in [0.25, 0.3) is 0 Å². The van der Waals surface area contributed by atoms with Gasteiger partial charge in [0.05, 0.1) is 5.56 Å². The second kappa shape index (κ2) is 5.52. The van der Waals surface area contributed by atoms with E-state index in [1.54, 1.807) is 45.2 Å². The van der Waals surface area contributed by atoms with E-state index in [1.165, 1.54) is 12.1 Å². The molecule has 0 unspecified atom stereocenters. The number of hydrogen-bond donors (Lipinski definition) is 1. The lowest BCUT2D eigenvalue weighted by Crippen LogP contribution is -2.24. The molecule has 4 nitrogen and oxygen atoms in total. The Bertz CT molecular complexity index is 678. The zero-order chi connectivity index (χ0) is 15.6. The predicted octanol–water partition coefficient (Wildman–Crippen LogP) is 3.43. The molecule has 0 saturated heterocycles. The summed E-state index contributed by atoms with van der Waals surface area (Å²) in [6, 6.07) is 7.73. The lowest BCUT2D eigenvalue weighted by Gasteiger charge is -2.19. The summed E-state index contributed by atoms with van der Waals surface area (Å²) in [5.74, 6) is -1.03. The first-order valence-electron chi connectivity index (χ1n) is 6.52. The molecule has 0 atom stereocenters. The minimum Gasteiger partial charge on any atom is -0.456 e. The summed E-state index contributed by atoms with van der Waals surface area (Å²) in [6.45, 7) is 5.19. The fourth-order valence-corrected chi connectivity index (χ4v) is 1.84. The van der Waals surface area contributed by atoms with E-state index < -0.39 is 17.4 Å². The zero-order valence-corrected chi connectivity index (χ0v) is 12.2. The van der Waals surface area contributed by atoms with Crippen molar-refractivity contribution in [3.8, 4) is 11.1 Å². The molecule has 1 heterocycles. The van der Waals surface area contributed by atoms with E-state index in [-0.39, 0.29) is 5.56 Å². The van der Waals surface area contributed by atoms with Crippen molar-refractivity contribution in [3.05, 3.63) is 47.9 Å². The van der Waals surface area contributed by atoms with Crippen molar-refractivity contribution in [3.63, 3.8) is 0 Å². The van der Waals surface area contributed by atoms with Gasteiger partial charge >= 0.3 is 5.97 Å². The summed E-state index contributed by atoms with van der Waals surface area (Å²) in [6.07, 6.45) is 1.56. The Morgan fingerprint density at radius 3 is 2.57 bits per heavy atom. The van der Waals surface area contributed by atoms with E-state index in [2.05, 4.69) is 4.98 Å². The summed E-state index contributed by atoms with van der Waals surface area (Å²) in [5, 5.41) is 0. The second-order valence-electron chi connectivity index (χ2n) is 5.63. The molecule has 2 aromatic rings. The second-order valence-corrected chi connectivity index (χ2v) is 5.63. The van der Waals surface area contributed by atoms with Gasteiger partial charge in [-0.2, -0.15) is 0 Å². The smallest absolute Gasteiger partial charge is 0.341 e. The van der Waals surface area contributed by atoms with Crippen molar-refractivity contribution >= 4 is 11.8 Å². The molecule has 2 rings (SSSR count). The van der Waals surface area contributed by atoms with E-state index in [1.807, 2.05) is 0 Å². The third-order valence-electron chi connectivity index (χ3n) is 2.74. The van der Waals surface area contributed by atoms with E-state index in [0.29, 0.717) is 16.9 Å². The van der Waals surface area contributed by atoms with Gasteiger partial charge < -0.3 is 10.5 Å². The topological polar surface area (TPSA) is 65.2 Å². The summed E-state index contributed by atoms with van der Waals surface area (Å²) in [5.41, 5.74) is 6.17. The first-order valence-corrected chi connectivity index (χ1v) is 6.52. The van der Waals surface area contributed by atoms with Crippen LogP contribution < -0.4 is 5.73 Å². The number of carbonyl (C=O) groups excluding carboxylic acids is 1. The number of benzene rings is 1. The van der Waals surface area contributed by atoms with Gasteiger partial charge in [0.15, 0.2) is 0 Å². The monoisotopic (exact) mass is 288 g/mol. The van der Waals surface area contributed by atoms with Gasteiger partial charge in [0.1, 0.15) is 17.2 Å². The molecule has 1 aromatic carbocycles. The number of esters is 1. The maximum Gasteiger partial charge on any atom is 0.341 e. The quantitative estimate of drug-likeness (QED) is 0.860. The van der Waals surface area contributed by atoms with Crippen molar-refractivity contribution in [2.45, 2.75) is 26.4 Å². The molecule has 0 amide bonds. The molecule has 1 aromatic heterocycles. The van der Waals surface area contributed by atoms with Gasteiger partial charge in [-0.05, 0) is 50.6 Å². The number of hydrogen-bond acceptors (Lipinski definition) is 4. The molecule has 0 aliphatic rings. The number of nitrogen functional groups attached to an aromatic ring is 1. The van der Waals surface area contributed by atoms with Gasteiger partial charge in [-0.3, -0.25) is 0 Å². The van der Waals surface area contributed by atoms with Gasteiger partial charge in [0, 0.05) is 11.8 Å². The SMILES string of the molecule is CC(C)(C)OC(=O)c1ccc(-c2cccnc2N)cc1F. The minimum atomic E-state index is -0.689. The van der Waals surface area contributed by atoms with Crippen LogP contribution in [0.5, 0.6) is 0 Å². The van der Waals surface area contributed by atoms with Gasteiger partial charge in [-0.15, -0.1) is 0 Å². The van der Waals surface area contributed by atoms with Crippen molar-refractivity contribution in [1.82, 2.24) is 4.98 Å². The molecule has 0 saturated carbocycles. The van der Waals surface area contributed by atoms with E-state index in [9.17, 15) is 9.18 Å². The van der Waals surface area contributed by atoms with Crippen LogP contribution in [0.25, 0.3) is 11.1 Å². The maximum atomic E-state index is 14.1. The molecule has 0 aliphatic carbocycles. The number of nitrogens with zero attached hydrogens (tertiary/aromatic N) is 1. The Morgan fingerprint density at radius 2 is 2.00 bits per heavy atom. The summed E-state index contributed by atoms with van der Waals surface area (Å²) in [7, 11) is 0. The number of ether oxygens (including phenoxy) is 1. The van der Waals surface area contributed by atoms with E-state index in [4.69, 9.17) is 10.5 Å². The van der Waals surface area contributed by atoms with Crippen LogP contribution in [0, 0.1) is 5.82 Å². The molecule has 0 bridgehead atoms. The minimum absolute atomic E-state index is 0.101. The molecule has 5 heteroatoms. The number of aromatic nitrogens is 1. The molecule has 110 valence electrons. The van der Waals surface area contributed by atoms with Gasteiger partial charge in [-0.1, -0.05) is 6.07 Å². The molecule has 2 N–H and O–H groups in total. The largest absolute Gasteiger partial charge is 0.456 e. The van der Waals surface area contributed by atoms with Crippen LogP contribution in [-0.4, -0.2) is 16.6 Å². The number of pyridine rings is 1. The molecule has 21 heavy (non-hydrogen) atoms. The Balaban J connectivity index is 2.34. The summed E-state index contributed by atoms with van der Waals surface area (Å²) >= 11 is 0. The normalized spacial score (nSPS) is 11.2. The number of nitrogens with two attached hydrogens (primary N) is 1. The van der Waals surface area contributed by atoms with Crippen molar-refractivity contribution < 1.29 is 13.9 Å². The highest BCUT2D eigenvalue weighted by molar-refractivity contribution is 5.91. The number of halogens is 1. The van der Waals surface area contributed by atoms with Crippen LogP contribution in [0.15, 0.2) is 36.5 Å². The first-order chi connectivity index (χ1) is 9.78. The van der Waals surface area contributed by atoms with E-state index >= 15 is 0 Å². The number of anilines is 1. The van der Waals surface area contributed by atoms with Crippen molar-refractivity contribution in [2.24, 2.45) is 0 Å². The van der Waals surface area contributed by atoms with Crippen LogP contribution in [0.3, 0.4) is 0 Å². The third kappa shape index (κ3) is 3.56. The highest BCUT2D eigenvalue weighted by Crippen LogP contribution is 2.26. The van der Waals surface area contributed by atoms with Crippen LogP contribution in [0.1, 0.15) is 31.1 Å². The average molecular weight is 288 g/mol. The highest BCUT2D eigenvalue weighted by atomic mass is 19.1. The van der Waals surface area contributed by atoms with Crippen molar-refractivity contribution in [1.29, 1.82) is 0 Å². The van der Waals surface area contributed by atoms with E-state index in [0.717, 1.165) is 0 Å². The van der Waals surface area contributed by atoms with Crippen LogP contribution in [0.4, 0.5) is 10.2 Å². The zero-order valence-electron chi connectivity index (χ0n) is 12.2. The lowest BCUT2D eigenvalue weighted by atomic mass is 10.0. The molecule has 0 fully saturated rings. The Hall–Kier alpha value is -2.43. The predicted molar refractivity (Wildman–Crippen MR) is 79.2 cm³/mol. The lowest BCUT2D eigenvalue weighted by molar-refractivity contribution is 0.00648. The van der Waals surface area contributed by atoms with Crippen molar-refractivity contribution in [2.75, 3.05) is 5.73 Å². The summed E-state index contributed by atoms with van der Waals surface area (Å²) < 4.78 is 19.3. The molecular formula is C16H17FN2O2. The Labute approximate surface area is 122 Å². The number of rotatable bonds is 2. The highest BCUT2D eigenvalue weighted by Gasteiger charge is 2.21. The first kappa shape index (κ1) is 15.0. The van der Waals surface area contributed by atoms with Gasteiger partial charge in [-0.25, -0.2) is 14.2 Å². The third-order valence-corrected chi connectivity index (χ3v) is 2.74. The Kier molecular flexibility index (Phi) is 3.93. The number of carbonyl (C=O) groups is 1. The fraction of sp³-hybridized carbons (Fsp3) is 0.250. The van der Waals surface area contributed by atoms with Crippen LogP contribution in [-0.2, 0) is 4.74 Å². The van der Waals surface area contributed by atoms with Gasteiger partial charge in [0.2, 0.25) is 0 Å². The molecule has 0 spiro atoms. The standard InChI is InChI=1S/C16H17FN2O2/c1-16(2,3)21-15(20)12-7-6-10(9-13(12)17)11-5-4-8-19-14(11)18/h4-9H,1-3H3,(H2,18,19). The average Bonchev–Trinajstić information content (AvgIpc) is 2.37.